The molecule has 1 aromatic heterocycles. The van der Waals surface area contributed by atoms with E-state index in [4.69, 9.17) is 28.1 Å². The highest BCUT2D eigenvalue weighted by Gasteiger charge is 2.43. The molecule has 0 unspecified atom stereocenters. The Morgan fingerprint density at radius 2 is 1.88 bits per heavy atom. The zero-order valence-electron chi connectivity index (χ0n) is 24.1. The average Bonchev–Trinajstić information content (AvgIpc) is 3.41. The fraction of sp³-hybridized carbons (Fsp3) is 0.594. The first-order valence-electron chi connectivity index (χ1n) is 14.6. The van der Waals surface area contributed by atoms with E-state index in [1.165, 1.54) is 12.2 Å². The van der Waals surface area contributed by atoms with Crippen molar-refractivity contribution in [3.8, 4) is 6.07 Å². The molecule has 9 heteroatoms. The van der Waals surface area contributed by atoms with Crippen LogP contribution in [0.5, 0.6) is 0 Å². The minimum atomic E-state index is -0.595. The van der Waals surface area contributed by atoms with Gasteiger partial charge >= 0.3 is 5.97 Å². The third-order valence-electron chi connectivity index (χ3n) is 8.45. The van der Waals surface area contributed by atoms with Gasteiger partial charge in [-0.3, -0.25) is 0 Å². The lowest BCUT2D eigenvalue weighted by Crippen LogP contribution is -2.50. The molecule has 8 bridgehead atoms. The molecule has 0 N–H and O–H groups in total. The predicted octanol–water partition coefficient (Wildman–Crippen LogP) is 5.76. The van der Waals surface area contributed by atoms with Crippen molar-refractivity contribution in [2.75, 3.05) is 6.61 Å². The van der Waals surface area contributed by atoms with E-state index in [0.29, 0.717) is 31.0 Å². The molecule has 9 atom stereocenters. The van der Waals surface area contributed by atoms with Crippen LogP contribution in [0.3, 0.4) is 0 Å². The number of allylic oxidation sites excluding steroid dienone is 1. The summed E-state index contributed by atoms with van der Waals surface area (Å²) in [7, 11) is 0. The minimum Gasteiger partial charge on any atom is -0.458 e. The zero-order valence-corrected chi connectivity index (χ0v) is 24.1. The molecule has 0 aromatic carbocycles. The zero-order chi connectivity index (χ0) is 28.9. The Morgan fingerprint density at radius 1 is 1.07 bits per heavy atom. The van der Waals surface area contributed by atoms with Crippen LogP contribution in [0.2, 0.25) is 0 Å². The summed E-state index contributed by atoms with van der Waals surface area (Å²) >= 11 is 0. The van der Waals surface area contributed by atoms with Gasteiger partial charge in [0.25, 0.3) is 0 Å². The summed E-state index contributed by atoms with van der Waals surface area (Å²) in [4.78, 5) is 17.6. The molecular weight excluding hydrogens is 524 g/mol. The van der Waals surface area contributed by atoms with E-state index in [2.05, 4.69) is 17.6 Å². The molecule has 0 spiro atoms. The van der Waals surface area contributed by atoms with Crippen molar-refractivity contribution in [2.45, 2.75) is 102 Å². The molecule has 3 fully saturated rings. The van der Waals surface area contributed by atoms with Gasteiger partial charge in [-0.25, -0.2) is 9.78 Å². The summed E-state index contributed by atoms with van der Waals surface area (Å²) in [6.07, 6.45) is 12.6. The summed E-state index contributed by atoms with van der Waals surface area (Å²) in [6, 6.07) is 2.10. The molecule has 5 rings (SSSR count). The molecule has 41 heavy (non-hydrogen) atoms. The number of esters is 1. The first-order valence-corrected chi connectivity index (χ1v) is 14.6. The van der Waals surface area contributed by atoms with E-state index in [1.54, 1.807) is 12.3 Å². The van der Waals surface area contributed by atoms with Crippen LogP contribution in [0.4, 0.5) is 0 Å². The highest BCUT2D eigenvalue weighted by Crippen LogP contribution is 2.37. The Labute approximate surface area is 241 Å². The fourth-order valence-corrected chi connectivity index (χ4v) is 6.35. The highest BCUT2D eigenvalue weighted by atomic mass is 16.7. The maximum Gasteiger partial charge on any atom is 0.330 e. The van der Waals surface area contributed by atoms with Gasteiger partial charge in [-0.05, 0) is 50.7 Å². The molecule has 0 radical (unpaired) electrons. The first-order chi connectivity index (χ1) is 19.8. The van der Waals surface area contributed by atoms with Crippen LogP contribution in [0.25, 0.3) is 6.08 Å². The van der Waals surface area contributed by atoms with E-state index in [9.17, 15) is 10.1 Å². The SMILES string of the molecule is C=C1C[C@@H]2C[C@@H]3CCO[C@@H](O3)c3coc(n3)C=CC[C@H]3O[C@@H](C(C)=CC#N)[C@H](C)[C@@H](OC(=O)C=CC[C@@H](C1)O2)[C@H]3C. The Bertz CT molecular complexity index is 1230. The lowest BCUT2D eigenvalue weighted by Gasteiger charge is -2.44. The topological polar surface area (TPSA) is 113 Å². The summed E-state index contributed by atoms with van der Waals surface area (Å²) in [5.41, 5.74) is 2.54. The first kappa shape index (κ1) is 29.5. The molecule has 1 aromatic rings. The fourth-order valence-electron chi connectivity index (χ4n) is 6.35. The quantitative estimate of drug-likeness (QED) is 0.239. The van der Waals surface area contributed by atoms with Crippen LogP contribution in [-0.2, 0) is 28.5 Å². The van der Waals surface area contributed by atoms with Crippen molar-refractivity contribution in [1.29, 1.82) is 5.26 Å². The Balaban J connectivity index is 1.41. The minimum absolute atomic E-state index is 0.0160. The number of hydrogen-bond acceptors (Lipinski definition) is 9. The average molecular weight is 565 g/mol. The predicted molar refractivity (Wildman–Crippen MR) is 150 cm³/mol. The summed E-state index contributed by atoms with van der Waals surface area (Å²) < 4.78 is 36.7. The summed E-state index contributed by atoms with van der Waals surface area (Å²) in [6.45, 7) is 10.7. The Kier molecular flexibility index (Phi) is 9.56. The third-order valence-corrected chi connectivity index (χ3v) is 8.45. The molecule has 4 aliphatic rings. The Hall–Kier alpha value is -3.03. The second-order valence-corrected chi connectivity index (χ2v) is 11.6. The molecule has 3 saturated heterocycles. The van der Waals surface area contributed by atoms with Crippen LogP contribution in [-0.4, -0.2) is 54.2 Å². The van der Waals surface area contributed by atoms with Gasteiger partial charge in [0, 0.05) is 30.4 Å². The van der Waals surface area contributed by atoms with Crippen molar-refractivity contribution < 1.29 is 32.9 Å². The monoisotopic (exact) mass is 564 g/mol. The molecule has 0 saturated carbocycles. The van der Waals surface area contributed by atoms with Crippen molar-refractivity contribution in [3.05, 3.63) is 59.9 Å². The maximum atomic E-state index is 13.0. The highest BCUT2D eigenvalue weighted by molar-refractivity contribution is 5.82. The van der Waals surface area contributed by atoms with E-state index in [1.807, 2.05) is 32.9 Å². The number of carbonyl (C=O) groups excluding carboxylic acids is 1. The molecule has 0 aliphatic carbocycles. The summed E-state index contributed by atoms with van der Waals surface area (Å²) in [5, 5.41) is 9.25. The normalized spacial score (nSPS) is 37.0. The van der Waals surface area contributed by atoms with E-state index < -0.39 is 18.4 Å². The summed E-state index contributed by atoms with van der Waals surface area (Å²) in [5.74, 6) is -0.166. The number of oxazole rings is 1. The second kappa shape index (κ2) is 13.3. The van der Waals surface area contributed by atoms with Crippen LogP contribution < -0.4 is 0 Å². The number of carbonyl (C=O) groups is 1. The van der Waals surface area contributed by atoms with Crippen LogP contribution in [0, 0.1) is 23.2 Å². The second-order valence-electron chi connectivity index (χ2n) is 11.6. The van der Waals surface area contributed by atoms with Gasteiger partial charge in [-0.15, -0.1) is 0 Å². The van der Waals surface area contributed by atoms with Crippen LogP contribution in [0.1, 0.15) is 77.2 Å². The van der Waals surface area contributed by atoms with E-state index >= 15 is 0 Å². The van der Waals surface area contributed by atoms with Gasteiger partial charge in [0.1, 0.15) is 18.1 Å². The van der Waals surface area contributed by atoms with Crippen LogP contribution in [0.15, 0.2) is 52.7 Å². The number of hydrogen-bond donors (Lipinski definition) is 0. The number of nitriles is 1. The standard InChI is InChI=1S/C32H40N2O7/c1-19-15-23-7-5-10-29(35)41-31-21(3)27(40-30(22(31)4)20(2)11-13-33)8-6-9-28-34-26(18-37-28)32-36-14-12-24(39-32)17-25(16-19)38-23/h5-6,9-11,18,21-25,27,30-32H,1,7-8,12,14-17H2,2-4H3/t21-,22-,23-,24-,25+,27+,30-,31-,32-/m0/s1. The Morgan fingerprint density at radius 3 is 2.71 bits per heavy atom. The van der Waals surface area contributed by atoms with Gasteiger partial charge in [0.2, 0.25) is 12.2 Å². The van der Waals surface area contributed by atoms with Crippen molar-refractivity contribution in [3.63, 3.8) is 0 Å². The van der Waals surface area contributed by atoms with Gasteiger partial charge < -0.3 is 28.1 Å². The lowest BCUT2D eigenvalue weighted by molar-refractivity contribution is -0.227. The van der Waals surface area contributed by atoms with Gasteiger partial charge in [-0.2, -0.15) is 5.26 Å². The van der Waals surface area contributed by atoms with Crippen molar-refractivity contribution >= 4 is 12.0 Å². The van der Waals surface area contributed by atoms with E-state index in [-0.39, 0.29) is 42.4 Å². The third kappa shape index (κ3) is 7.25. The molecule has 0 amide bonds. The molecular formula is C32H40N2O7. The van der Waals surface area contributed by atoms with Gasteiger partial charge in [0.05, 0.1) is 43.2 Å². The smallest absolute Gasteiger partial charge is 0.330 e. The lowest BCUT2D eigenvalue weighted by atomic mass is 9.79. The molecule has 220 valence electrons. The molecule has 9 nitrogen and oxygen atoms in total. The number of aromatic nitrogens is 1. The number of ether oxygens (including phenoxy) is 5. The number of fused-ring (bicyclic) bond motifs is 9. The van der Waals surface area contributed by atoms with Crippen LogP contribution >= 0.6 is 0 Å². The van der Waals surface area contributed by atoms with Gasteiger partial charge in [-0.1, -0.05) is 38.2 Å². The van der Waals surface area contributed by atoms with Gasteiger partial charge in [0.15, 0.2) is 0 Å². The maximum absolute atomic E-state index is 13.0. The van der Waals surface area contributed by atoms with Crippen molar-refractivity contribution in [1.82, 2.24) is 4.98 Å². The van der Waals surface area contributed by atoms with E-state index in [0.717, 1.165) is 36.8 Å². The largest absolute Gasteiger partial charge is 0.458 e. The number of rotatable bonds is 1. The molecule has 4 aliphatic heterocycles. The number of nitrogens with zero attached hydrogens (tertiary/aromatic N) is 2. The molecule has 5 heterocycles. The van der Waals surface area contributed by atoms with Crippen molar-refractivity contribution in [2.24, 2.45) is 11.8 Å².